The summed E-state index contributed by atoms with van der Waals surface area (Å²) in [6.45, 7) is 4.94. The molecule has 0 radical (unpaired) electrons. The summed E-state index contributed by atoms with van der Waals surface area (Å²) in [5, 5.41) is 3.39. The maximum Gasteiger partial charge on any atom is 0.123 e. The van der Waals surface area contributed by atoms with Crippen LogP contribution in [0.5, 0.6) is 0 Å². The van der Waals surface area contributed by atoms with Gasteiger partial charge in [-0.25, -0.2) is 4.39 Å². The molecule has 0 bridgehead atoms. The lowest BCUT2D eigenvalue weighted by Crippen LogP contribution is -2.24. The Morgan fingerprint density at radius 1 is 1.44 bits per heavy atom. The summed E-state index contributed by atoms with van der Waals surface area (Å²) in [4.78, 5) is 0. The van der Waals surface area contributed by atoms with Crippen LogP contribution < -0.4 is 5.32 Å². The molecule has 96 valence electrons. The van der Waals surface area contributed by atoms with E-state index in [1.165, 1.54) is 17.8 Å². The van der Waals surface area contributed by atoms with Crippen molar-refractivity contribution in [2.45, 2.75) is 26.3 Å². The molecule has 1 aromatic heterocycles. The van der Waals surface area contributed by atoms with Crippen LogP contribution in [0, 0.1) is 12.7 Å². The first-order chi connectivity index (χ1) is 8.72. The van der Waals surface area contributed by atoms with Gasteiger partial charge in [-0.2, -0.15) is 8.75 Å². The smallest absolute Gasteiger partial charge is 0.123 e. The van der Waals surface area contributed by atoms with Crippen LogP contribution in [0.15, 0.2) is 24.4 Å². The fourth-order valence-electron chi connectivity index (χ4n) is 1.88. The summed E-state index contributed by atoms with van der Waals surface area (Å²) in [5.41, 5.74) is 2.83. The molecule has 0 saturated carbocycles. The van der Waals surface area contributed by atoms with Crippen LogP contribution in [0.1, 0.15) is 36.2 Å². The summed E-state index contributed by atoms with van der Waals surface area (Å²) in [5.74, 6) is -0.220. The maximum absolute atomic E-state index is 13.4. The topological polar surface area (TPSA) is 37.8 Å². The van der Waals surface area contributed by atoms with E-state index in [0.717, 1.165) is 29.8 Å². The van der Waals surface area contributed by atoms with Gasteiger partial charge in [-0.15, -0.1) is 0 Å². The van der Waals surface area contributed by atoms with Crippen molar-refractivity contribution in [3.05, 3.63) is 47.0 Å². The molecular weight excluding hydrogens is 249 g/mol. The monoisotopic (exact) mass is 265 g/mol. The highest BCUT2D eigenvalue weighted by atomic mass is 32.1. The zero-order chi connectivity index (χ0) is 13.0. The van der Waals surface area contributed by atoms with Gasteiger partial charge in [0.1, 0.15) is 5.82 Å². The van der Waals surface area contributed by atoms with Crippen LogP contribution >= 0.6 is 11.7 Å². The summed E-state index contributed by atoms with van der Waals surface area (Å²) in [6, 6.07) is 4.77. The molecule has 0 aliphatic heterocycles. The number of hydrogen-bond donors (Lipinski definition) is 1. The minimum absolute atomic E-state index is 0.0839. The summed E-state index contributed by atoms with van der Waals surface area (Å²) in [7, 11) is 0. The van der Waals surface area contributed by atoms with Crippen molar-refractivity contribution in [1.29, 1.82) is 0 Å². The standard InChI is InChI=1S/C13H16FN3S/c1-3-6-15-13(12-8-16-18-17-12)11-7-10(14)5-4-9(11)2/h4-5,7-8,13,15H,3,6H2,1-2H3. The van der Waals surface area contributed by atoms with Gasteiger partial charge in [0.2, 0.25) is 0 Å². The van der Waals surface area contributed by atoms with Gasteiger partial charge >= 0.3 is 0 Å². The van der Waals surface area contributed by atoms with Gasteiger partial charge in [0.25, 0.3) is 0 Å². The summed E-state index contributed by atoms with van der Waals surface area (Å²) >= 11 is 1.17. The van der Waals surface area contributed by atoms with Crippen molar-refractivity contribution in [2.75, 3.05) is 6.54 Å². The van der Waals surface area contributed by atoms with E-state index in [0.29, 0.717) is 0 Å². The third-order valence-electron chi connectivity index (χ3n) is 2.82. The Hall–Kier alpha value is -1.33. The van der Waals surface area contributed by atoms with Gasteiger partial charge in [0, 0.05) is 0 Å². The third-order valence-corrected chi connectivity index (χ3v) is 3.32. The zero-order valence-corrected chi connectivity index (χ0v) is 11.3. The summed E-state index contributed by atoms with van der Waals surface area (Å²) < 4.78 is 21.7. The number of nitrogens with one attached hydrogen (secondary N) is 1. The highest BCUT2D eigenvalue weighted by Crippen LogP contribution is 2.24. The van der Waals surface area contributed by atoms with E-state index in [4.69, 9.17) is 0 Å². The normalized spacial score (nSPS) is 12.6. The molecule has 0 saturated heterocycles. The number of halogens is 1. The molecule has 1 atom stereocenters. The minimum atomic E-state index is -0.220. The molecule has 3 nitrogen and oxygen atoms in total. The van der Waals surface area contributed by atoms with Crippen LogP contribution in [-0.4, -0.2) is 15.3 Å². The number of aryl methyl sites for hydroxylation is 1. The van der Waals surface area contributed by atoms with Gasteiger partial charge in [0.05, 0.1) is 29.7 Å². The van der Waals surface area contributed by atoms with Crippen molar-refractivity contribution >= 4 is 11.7 Å². The molecular formula is C13H16FN3S. The first kappa shape index (κ1) is 13.1. The van der Waals surface area contributed by atoms with Crippen molar-refractivity contribution in [1.82, 2.24) is 14.1 Å². The highest BCUT2D eigenvalue weighted by Gasteiger charge is 2.18. The molecule has 18 heavy (non-hydrogen) atoms. The molecule has 2 aromatic rings. The Kier molecular flexibility index (Phi) is 4.38. The second-order valence-corrected chi connectivity index (χ2v) is 4.78. The largest absolute Gasteiger partial charge is 0.305 e. The molecule has 0 amide bonds. The Balaban J connectivity index is 2.36. The van der Waals surface area contributed by atoms with E-state index in [1.54, 1.807) is 18.3 Å². The average molecular weight is 265 g/mol. The molecule has 1 N–H and O–H groups in total. The molecule has 5 heteroatoms. The summed E-state index contributed by atoms with van der Waals surface area (Å²) in [6.07, 6.45) is 2.75. The third kappa shape index (κ3) is 2.91. The van der Waals surface area contributed by atoms with Crippen LogP contribution in [0.4, 0.5) is 4.39 Å². The Bertz CT molecular complexity index is 499. The van der Waals surface area contributed by atoms with E-state index in [2.05, 4.69) is 21.0 Å². The van der Waals surface area contributed by atoms with Gasteiger partial charge in [0.15, 0.2) is 0 Å². The molecule has 0 aliphatic rings. The average Bonchev–Trinajstić information content (AvgIpc) is 2.88. The van der Waals surface area contributed by atoms with E-state index in [1.807, 2.05) is 6.92 Å². The Morgan fingerprint density at radius 2 is 2.28 bits per heavy atom. The lowest BCUT2D eigenvalue weighted by atomic mass is 9.99. The SMILES string of the molecule is CCCNC(c1cnsn1)c1cc(F)ccc1C. The first-order valence-corrected chi connectivity index (χ1v) is 6.72. The highest BCUT2D eigenvalue weighted by molar-refractivity contribution is 6.99. The Morgan fingerprint density at radius 3 is 2.94 bits per heavy atom. The lowest BCUT2D eigenvalue weighted by Gasteiger charge is -2.18. The molecule has 1 heterocycles. The van der Waals surface area contributed by atoms with Crippen molar-refractivity contribution in [3.8, 4) is 0 Å². The number of nitrogens with zero attached hydrogens (tertiary/aromatic N) is 2. The van der Waals surface area contributed by atoms with Crippen LogP contribution in [0.3, 0.4) is 0 Å². The maximum atomic E-state index is 13.4. The predicted octanol–water partition coefficient (Wildman–Crippen LogP) is 3.07. The number of aromatic nitrogens is 2. The number of rotatable bonds is 5. The first-order valence-electron chi connectivity index (χ1n) is 5.99. The Labute approximate surface area is 110 Å². The van der Waals surface area contributed by atoms with E-state index in [9.17, 15) is 4.39 Å². The molecule has 0 fully saturated rings. The molecule has 0 spiro atoms. The minimum Gasteiger partial charge on any atom is -0.305 e. The van der Waals surface area contributed by atoms with Crippen LogP contribution in [0.25, 0.3) is 0 Å². The fraction of sp³-hybridized carbons (Fsp3) is 0.385. The molecule has 0 aliphatic carbocycles. The fourth-order valence-corrected chi connectivity index (χ4v) is 2.33. The molecule has 2 rings (SSSR count). The van der Waals surface area contributed by atoms with Gasteiger partial charge in [-0.05, 0) is 43.1 Å². The van der Waals surface area contributed by atoms with Crippen molar-refractivity contribution in [3.63, 3.8) is 0 Å². The zero-order valence-electron chi connectivity index (χ0n) is 10.5. The van der Waals surface area contributed by atoms with E-state index >= 15 is 0 Å². The van der Waals surface area contributed by atoms with Crippen molar-refractivity contribution in [2.24, 2.45) is 0 Å². The quantitative estimate of drug-likeness (QED) is 0.902. The predicted molar refractivity (Wildman–Crippen MR) is 71.2 cm³/mol. The second-order valence-electron chi connectivity index (χ2n) is 4.22. The molecule has 1 aromatic carbocycles. The van der Waals surface area contributed by atoms with E-state index < -0.39 is 0 Å². The number of hydrogen-bond acceptors (Lipinski definition) is 4. The van der Waals surface area contributed by atoms with Gasteiger partial charge in [-0.3, -0.25) is 0 Å². The lowest BCUT2D eigenvalue weighted by molar-refractivity contribution is 0.576. The van der Waals surface area contributed by atoms with Crippen LogP contribution in [0.2, 0.25) is 0 Å². The van der Waals surface area contributed by atoms with Gasteiger partial charge in [-0.1, -0.05) is 13.0 Å². The number of benzene rings is 1. The van der Waals surface area contributed by atoms with Crippen molar-refractivity contribution < 1.29 is 4.39 Å². The second kappa shape index (κ2) is 6.02. The van der Waals surface area contributed by atoms with Gasteiger partial charge < -0.3 is 5.32 Å². The van der Waals surface area contributed by atoms with E-state index in [-0.39, 0.29) is 11.9 Å². The van der Waals surface area contributed by atoms with Crippen LogP contribution in [-0.2, 0) is 0 Å². The molecule has 1 unspecified atom stereocenters.